The monoisotopic (exact) mass is 439 g/mol. The lowest BCUT2D eigenvalue weighted by Gasteiger charge is -2.08. The predicted molar refractivity (Wildman–Crippen MR) is 126 cm³/mol. The highest BCUT2D eigenvalue weighted by atomic mass is 19.1. The number of aromatic amines is 2. The smallest absolute Gasteiger partial charge is 0.224 e. The molecule has 0 unspecified atom stereocenters. The average molecular weight is 439 g/mol. The van der Waals surface area contributed by atoms with Crippen molar-refractivity contribution in [2.75, 3.05) is 10.6 Å². The molecule has 7 nitrogen and oxygen atoms in total. The van der Waals surface area contributed by atoms with E-state index < -0.39 is 0 Å². The number of benzene rings is 2. The lowest BCUT2D eigenvalue weighted by molar-refractivity contribution is 0.609. The molecule has 3 heterocycles. The Kier molecular flexibility index (Phi) is 4.75. The van der Waals surface area contributed by atoms with Crippen LogP contribution >= 0.6 is 0 Å². The van der Waals surface area contributed by atoms with Crippen molar-refractivity contribution in [3.8, 4) is 0 Å². The number of halogens is 1. The highest BCUT2D eigenvalue weighted by molar-refractivity contribution is 5.83. The van der Waals surface area contributed by atoms with Gasteiger partial charge in [0, 0.05) is 47.5 Å². The molecule has 2 atom stereocenters. The van der Waals surface area contributed by atoms with Crippen LogP contribution in [0.2, 0.25) is 0 Å². The van der Waals surface area contributed by atoms with Gasteiger partial charge in [0.25, 0.3) is 0 Å². The number of aromatic nitrogens is 5. The fourth-order valence-corrected chi connectivity index (χ4v) is 4.37. The number of hydrogen-bond acceptors (Lipinski definition) is 5. The third kappa shape index (κ3) is 3.91. The molecule has 0 bridgehead atoms. The van der Waals surface area contributed by atoms with E-state index in [-0.39, 0.29) is 17.7 Å². The Morgan fingerprint density at radius 2 is 1.94 bits per heavy atom. The van der Waals surface area contributed by atoms with Gasteiger partial charge >= 0.3 is 0 Å². The van der Waals surface area contributed by atoms with Crippen molar-refractivity contribution in [1.82, 2.24) is 25.1 Å². The highest BCUT2D eigenvalue weighted by Gasteiger charge is 2.42. The van der Waals surface area contributed by atoms with E-state index in [9.17, 15) is 4.39 Å². The molecule has 6 rings (SSSR count). The van der Waals surface area contributed by atoms with Crippen LogP contribution in [0, 0.1) is 5.82 Å². The van der Waals surface area contributed by atoms with E-state index >= 15 is 0 Å². The van der Waals surface area contributed by atoms with Crippen molar-refractivity contribution in [3.63, 3.8) is 0 Å². The molecule has 33 heavy (non-hydrogen) atoms. The molecule has 8 heteroatoms. The SMILES string of the molecule is Fc1ccccc1[C@H]1C[C@@H]1c1cc(Nc2ccnc(NCc3cccc4[nH]ccc34)n2)n[nH]1. The van der Waals surface area contributed by atoms with Gasteiger partial charge in [-0.15, -0.1) is 0 Å². The minimum Gasteiger partial charge on any atom is -0.361 e. The summed E-state index contributed by atoms with van der Waals surface area (Å²) < 4.78 is 14.1. The lowest BCUT2D eigenvalue weighted by Crippen LogP contribution is -2.05. The van der Waals surface area contributed by atoms with Crippen LogP contribution in [0.5, 0.6) is 0 Å². The average Bonchev–Trinajstić information content (AvgIpc) is 3.23. The first-order chi connectivity index (χ1) is 16.2. The summed E-state index contributed by atoms with van der Waals surface area (Å²) in [5, 5.41) is 15.1. The molecule has 1 saturated carbocycles. The zero-order valence-corrected chi connectivity index (χ0v) is 17.7. The zero-order chi connectivity index (χ0) is 22.2. The molecule has 164 valence electrons. The molecular formula is C25H22FN7. The van der Waals surface area contributed by atoms with Crippen LogP contribution in [0.3, 0.4) is 0 Å². The Bertz CT molecular complexity index is 1420. The molecule has 5 aromatic rings. The van der Waals surface area contributed by atoms with Crippen LogP contribution in [-0.2, 0) is 6.54 Å². The number of rotatable bonds is 7. The number of hydrogen-bond donors (Lipinski definition) is 4. The first-order valence-corrected chi connectivity index (χ1v) is 10.9. The molecule has 0 radical (unpaired) electrons. The third-order valence-corrected chi connectivity index (χ3v) is 6.13. The van der Waals surface area contributed by atoms with Gasteiger partial charge in [0.15, 0.2) is 5.82 Å². The predicted octanol–water partition coefficient (Wildman–Crippen LogP) is 5.45. The molecule has 4 N–H and O–H groups in total. The van der Waals surface area contributed by atoms with Crippen molar-refractivity contribution in [1.29, 1.82) is 0 Å². The molecule has 0 aliphatic heterocycles. The summed E-state index contributed by atoms with van der Waals surface area (Å²) >= 11 is 0. The van der Waals surface area contributed by atoms with Gasteiger partial charge in [-0.25, -0.2) is 9.37 Å². The van der Waals surface area contributed by atoms with Gasteiger partial charge < -0.3 is 15.6 Å². The van der Waals surface area contributed by atoms with Crippen LogP contribution < -0.4 is 10.6 Å². The molecule has 0 amide bonds. The van der Waals surface area contributed by atoms with Crippen LogP contribution in [-0.4, -0.2) is 25.1 Å². The zero-order valence-electron chi connectivity index (χ0n) is 17.7. The minimum absolute atomic E-state index is 0.142. The molecule has 2 aromatic carbocycles. The fourth-order valence-electron chi connectivity index (χ4n) is 4.37. The molecule has 0 saturated heterocycles. The molecule has 3 aromatic heterocycles. The number of anilines is 3. The van der Waals surface area contributed by atoms with Crippen molar-refractivity contribution in [3.05, 3.63) is 95.7 Å². The van der Waals surface area contributed by atoms with Gasteiger partial charge in [0.05, 0.1) is 0 Å². The summed E-state index contributed by atoms with van der Waals surface area (Å²) in [5.74, 6) is 2.15. The van der Waals surface area contributed by atoms with Gasteiger partial charge in [-0.05, 0) is 47.7 Å². The first-order valence-electron chi connectivity index (χ1n) is 10.9. The Morgan fingerprint density at radius 1 is 1.00 bits per heavy atom. The highest BCUT2D eigenvalue weighted by Crippen LogP contribution is 2.54. The summed E-state index contributed by atoms with van der Waals surface area (Å²) in [4.78, 5) is 12.1. The van der Waals surface area contributed by atoms with E-state index in [1.54, 1.807) is 18.3 Å². The summed E-state index contributed by atoms with van der Waals surface area (Å²) in [7, 11) is 0. The number of H-pyrrole nitrogens is 2. The normalized spacial score (nSPS) is 17.2. The van der Waals surface area contributed by atoms with Crippen molar-refractivity contribution >= 4 is 28.5 Å². The topological polar surface area (TPSA) is 94.3 Å². The molecule has 1 fully saturated rings. The van der Waals surface area contributed by atoms with E-state index in [1.807, 2.05) is 30.5 Å². The summed E-state index contributed by atoms with van der Waals surface area (Å²) in [5.41, 5.74) is 4.04. The van der Waals surface area contributed by atoms with E-state index in [0.717, 1.165) is 23.2 Å². The lowest BCUT2D eigenvalue weighted by atomic mass is 10.1. The molecule has 1 aliphatic rings. The maximum Gasteiger partial charge on any atom is 0.224 e. The summed E-state index contributed by atoms with van der Waals surface area (Å²) in [6, 6.07) is 19.0. The number of nitrogens with one attached hydrogen (secondary N) is 4. The van der Waals surface area contributed by atoms with Crippen molar-refractivity contribution in [2.45, 2.75) is 24.8 Å². The summed E-state index contributed by atoms with van der Waals surface area (Å²) in [6.07, 6.45) is 4.56. The van der Waals surface area contributed by atoms with Gasteiger partial charge in [-0.3, -0.25) is 5.10 Å². The van der Waals surface area contributed by atoms with Crippen LogP contribution in [0.4, 0.5) is 22.0 Å². The fraction of sp³-hybridized carbons (Fsp3) is 0.160. The van der Waals surface area contributed by atoms with Gasteiger partial charge in [-0.1, -0.05) is 30.3 Å². The largest absolute Gasteiger partial charge is 0.361 e. The van der Waals surface area contributed by atoms with Crippen LogP contribution in [0.25, 0.3) is 10.9 Å². The molecule has 1 aliphatic carbocycles. The Labute approximate surface area is 189 Å². The quantitative estimate of drug-likeness (QED) is 0.271. The molecule has 0 spiro atoms. The third-order valence-electron chi connectivity index (χ3n) is 6.13. The standard InChI is InChI=1S/C25H22FN7/c26-20-6-2-1-5-17(20)18-12-19(18)22-13-24(33-32-22)30-23-9-11-28-25(31-23)29-14-15-4-3-7-21-16(15)8-10-27-21/h1-11,13,18-19,27H,12,14H2,(H3,28,29,30,31,32,33)/t18-,19+/m1/s1. The number of nitrogens with zero attached hydrogens (tertiary/aromatic N) is 3. The minimum atomic E-state index is -0.142. The second-order valence-electron chi connectivity index (χ2n) is 8.28. The number of fused-ring (bicyclic) bond motifs is 1. The molecular weight excluding hydrogens is 417 g/mol. The van der Waals surface area contributed by atoms with Crippen molar-refractivity contribution in [2.24, 2.45) is 0 Å². The van der Waals surface area contributed by atoms with Gasteiger partial charge in [0.2, 0.25) is 5.95 Å². The maximum absolute atomic E-state index is 14.1. The maximum atomic E-state index is 14.1. The Hall–Kier alpha value is -4.20. The van der Waals surface area contributed by atoms with E-state index in [2.05, 4.69) is 54.0 Å². The first kappa shape index (κ1) is 19.5. The Balaban J connectivity index is 1.11. The van der Waals surface area contributed by atoms with E-state index in [1.165, 1.54) is 17.0 Å². The van der Waals surface area contributed by atoms with Crippen LogP contribution in [0.15, 0.2) is 73.1 Å². The Morgan fingerprint density at radius 3 is 2.88 bits per heavy atom. The second kappa shape index (κ2) is 8.05. The van der Waals surface area contributed by atoms with Crippen LogP contribution in [0.1, 0.15) is 35.1 Å². The van der Waals surface area contributed by atoms with E-state index in [4.69, 9.17) is 0 Å². The second-order valence-corrected chi connectivity index (χ2v) is 8.28. The van der Waals surface area contributed by atoms with Gasteiger partial charge in [-0.2, -0.15) is 10.1 Å². The van der Waals surface area contributed by atoms with Crippen molar-refractivity contribution < 1.29 is 4.39 Å². The summed E-state index contributed by atoms with van der Waals surface area (Å²) in [6.45, 7) is 0.615. The van der Waals surface area contributed by atoms with E-state index in [0.29, 0.717) is 24.1 Å². The van der Waals surface area contributed by atoms with Gasteiger partial charge in [0.1, 0.15) is 11.6 Å².